The monoisotopic (exact) mass is 1240 g/mol. The Kier molecular flexibility index (Phi) is 14.8. The molecule has 0 spiro atoms. The van der Waals surface area contributed by atoms with E-state index in [0.29, 0.717) is 22.5 Å². The van der Waals surface area contributed by atoms with E-state index in [0.717, 1.165) is 42.5 Å². The minimum atomic E-state index is -5.26. The van der Waals surface area contributed by atoms with Crippen LogP contribution in [0, 0.1) is 0 Å². The molecule has 0 fully saturated rings. The molecule has 0 aromatic heterocycles. The zero-order valence-corrected chi connectivity index (χ0v) is 49.0. The summed E-state index contributed by atoms with van der Waals surface area (Å²) in [6.07, 6.45) is 0.0290. The van der Waals surface area contributed by atoms with Crippen molar-refractivity contribution in [1.29, 1.82) is 0 Å². The van der Waals surface area contributed by atoms with Gasteiger partial charge in [-0.3, -0.25) is 27.3 Å². The molecule has 5 aromatic carbocycles. The van der Waals surface area contributed by atoms with Crippen LogP contribution in [0.2, 0.25) is 13.1 Å². The van der Waals surface area contributed by atoms with Gasteiger partial charge in [-0.05, 0) is 150 Å². The Hall–Kier alpha value is -5.81. The number of anilines is 1. The lowest BCUT2D eigenvalue weighted by molar-refractivity contribution is 0.0681. The second kappa shape index (κ2) is 19.7. The highest BCUT2D eigenvalue weighted by Gasteiger charge is 2.47. The summed E-state index contributed by atoms with van der Waals surface area (Å²) >= 11 is 0. The Morgan fingerprint density at radius 2 is 1.23 bits per heavy atom. The second-order valence-electron chi connectivity index (χ2n) is 21.7. The van der Waals surface area contributed by atoms with Gasteiger partial charge in [0.1, 0.15) is 23.6 Å². The van der Waals surface area contributed by atoms with Gasteiger partial charge in [0, 0.05) is 47.3 Å². The van der Waals surface area contributed by atoms with E-state index in [1.807, 2.05) is 0 Å². The van der Waals surface area contributed by atoms with Gasteiger partial charge in [-0.15, -0.1) is 0 Å². The van der Waals surface area contributed by atoms with Crippen molar-refractivity contribution in [1.82, 2.24) is 4.58 Å². The predicted molar refractivity (Wildman–Crippen MR) is 290 cm³/mol. The Bertz CT molecular complexity index is 4450. The molecule has 24 nitrogen and oxygen atoms in total. The highest BCUT2D eigenvalue weighted by atomic mass is 32.2. The van der Waals surface area contributed by atoms with Gasteiger partial charge in [-0.25, -0.2) is 14.2 Å². The van der Waals surface area contributed by atoms with Crippen LogP contribution in [-0.2, 0) is 86.0 Å². The van der Waals surface area contributed by atoms with Gasteiger partial charge in [0.15, 0.2) is 12.1 Å². The number of rotatable bonds is 15. The van der Waals surface area contributed by atoms with Gasteiger partial charge in [0.25, 0.3) is 60.7 Å². The maximum Gasteiger partial charge on any atom is 0.336 e. The van der Waals surface area contributed by atoms with E-state index >= 15 is 0 Å². The minimum Gasteiger partial charge on any atom is -0.478 e. The largest absolute Gasteiger partial charge is 0.478 e. The summed E-state index contributed by atoms with van der Waals surface area (Å²) in [7, 11) is -34.2. The molecule has 0 bridgehead atoms. The van der Waals surface area contributed by atoms with Crippen molar-refractivity contribution in [3.05, 3.63) is 133 Å². The fourth-order valence-electron chi connectivity index (χ4n) is 11.4. The normalized spacial score (nSPS) is 17.9. The highest BCUT2D eigenvalue weighted by molar-refractivity contribution is 7.87. The fraction of sp³-hybridized carbons (Fsp3) is 0.327. The van der Waals surface area contributed by atoms with E-state index in [9.17, 15) is 97.6 Å². The Balaban J connectivity index is 1.59. The van der Waals surface area contributed by atoms with Crippen LogP contribution in [-0.4, -0.2) is 125 Å². The van der Waals surface area contributed by atoms with E-state index in [-0.39, 0.29) is 80.0 Å². The van der Waals surface area contributed by atoms with Gasteiger partial charge < -0.3 is 15.1 Å². The second-order valence-corrected chi connectivity index (χ2v) is 34.6. The van der Waals surface area contributed by atoms with Crippen molar-refractivity contribution in [2.75, 3.05) is 10.7 Å². The first-order chi connectivity index (χ1) is 36.3. The summed E-state index contributed by atoms with van der Waals surface area (Å²) in [5, 5.41) is 22.2. The van der Waals surface area contributed by atoms with Crippen LogP contribution in [0.4, 0.5) is 5.69 Å². The molecular weight excluding hydrogens is 1190 g/mol. The maximum absolute atomic E-state index is 13.5. The number of carbonyl (C=O) groups is 2. The summed E-state index contributed by atoms with van der Waals surface area (Å²) in [6.45, 7) is 9.45. The molecule has 3 aliphatic rings. The van der Waals surface area contributed by atoms with Crippen molar-refractivity contribution < 1.29 is 97.6 Å². The molecule has 5 aromatic rings. The summed E-state index contributed by atoms with van der Waals surface area (Å²) in [5.41, 5.74) is -3.53. The summed E-state index contributed by atoms with van der Waals surface area (Å²) in [4.78, 5) is 24.2. The number of nitrogens with zero attached hydrogens (tertiary/aromatic N) is 2. The number of benzene rings is 5. The first kappa shape index (κ1) is 60.3. The number of aromatic carboxylic acids is 2. The Morgan fingerprint density at radius 3 is 1.74 bits per heavy atom. The van der Waals surface area contributed by atoms with Gasteiger partial charge in [-0.2, -0.15) is 50.5 Å². The van der Waals surface area contributed by atoms with E-state index in [2.05, 4.69) is 0 Å². The lowest BCUT2D eigenvalue weighted by atomic mass is 9.79. The SMILES string of the molecule is CC1(C)CCc2c(cc3c(c2CS(=O)(=O)O)C(c2cc(C(=O)O)ccc2C(=O)O)=c2cc4c(cc2[Si]3(C)C)=[N+](Cc2ccc(S(=O)(=O)O)cc2S(=O)(=O)O)C(C)(C)CC4CS(=O)(=O)O)N1Cc1ccc(S(=O)(=O)O)cc1S(=O)(=O)O. The number of hydrogen-bond donors (Lipinski definition) is 8. The maximum atomic E-state index is 13.5. The van der Waals surface area contributed by atoms with Crippen LogP contribution in [0.15, 0.2) is 92.4 Å². The van der Waals surface area contributed by atoms with Gasteiger partial charge in [0.05, 0.1) is 26.7 Å². The molecule has 0 radical (unpaired) electrons. The average Bonchev–Trinajstić information content (AvgIpc) is 3.35. The molecule has 8 N–H and O–H groups in total. The zero-order chi connectivity index (χ0) is 59.8. The molecule has 3 heterocycles. The average molecular weight is 1240 g/mol. The summed E-state index contributed by atoms with van der Waals surface area (Å²) < 4.78 is 217. The number of carboxylic acids is 2. The summed E-state index contributed by atoms with van der Waals surface area (Å²) in [5.74, 6) is -6.35. The first-order valence-corrected chi connectivity index (χ1v) is 35.8. The highest BCUT2D eigenvalue weighted by Crippen LogP contribution is 2.45. The molecule has 0 aliphatic carbocycles. The van der Waals surface area contributed by atoms with E-state index in [4.69, 9.17) is 0 Å². The topological polar surface area (TPSA) is 407 Å². The number of hydrogen-bond acceptors (Lipinski definition) is 15. The third kappa shape index (κ3) is 11.5. The standard InChI is InChI=1S/C49H52N2O22S6Si/c1-48(2)14-13-32-37(25-75(59,60)61)45-43(20-38(32)50(48)22-27-7-10-30(76(62,63)64)16-40(27)78(68,69)70)80(5,6)42-19-39-34(18-36(42)44(45)35-15-26(46(52)53)9-12-33(35)47(54)55)29(24-74(56,57)58)21-49(3,4)51(39)23-28-8-11-31(77(65,66)67)17-41(28)79(71,72)73/h7-12,15-20,29H,13-14,21-25H2,1-6H3,(H7-,52,53,54,55,56,57,58,59,60,61,62,63,64,65,66,67,68,69,70,71,72,73)/p+1. The molecule has 3 aliphatic heterocycles. The molecule has 0 saturated heterocycles. The van der Waals surface area contributed by atoms with E-state index in [1.54, 1.807) is 62.4 Å². The molecule has 80 heavy (non-hydrogen) atoms. The lowest BCUT2D eigenvalue weighted by Gasteiger charge is -2.48. The van der Waals surface area contributed by atoms with Crippen molar-refractivity contribution in [3.8, 4) is 0 Å². The van der Waals surface area contributed by atoms with Gasteiger partial charge in [-0.1, -0.05) is 19.2 Å². The minimum absolute atomic E-state index is 0.0221. The lowest BCUT2D eigenvalue weighted by Crippen LogP contribution is -2.66. The predicted octanol–water partition coefficient (Wildman–Crippen LogP) is 2.42. The van der Waals surface area contributed by atoms with Gasteiger partial charge in [0.2, 0.25) is 5.36 Å². The van der Waals surface area contributed by atoms with Crippen molar-refractivity contribution >= 4 is 102 Å². The first-order valence-electron chi connectivity index (χ1n) is 23.8. The number of fused-ring (bicyclic) bond motifs is 4. The molecule has 31 heteroatoms. The van der Waals surface area contributed by atoms with Crippen LogP contribution in [0.5, 0.6) is 0 Å². The Morgan fingerprint density at radius 1 is 0.662 bits per heavy atom. The van der Waals surface area contributed by atoms with Crippen molar-refractivity contribution in [3.63, 3.8) is 0 Å². The Labute approximate surface area is 461 Å². The quantitative estimate of drug-likeness (QED) is 0.0424. The van der Waals surface area contributed by atoms with Crippen molar-refractivity contribution in [2.45, 2.75) is 115 Å². The fourth-order valence-corrected chi connectivity index (χ4v) is 18.6. The smallest absolute Gasteiger partial charge is 0.336 e. The molecular formula is C49H53N2O22S6Si+. The molecule has 430 valence electrons. The van der Waals surface area contributed by atoms with Crippen molar-refractivity contribution in [2.24, 2.45) is 0 Å². The molecule has 1 unspecified atom stereocenters. The van der Waals surface area contributed by atoms with Crippen LogP contribution < -0.4 is 30.4 Å². The molecule has 0 saturated carbocycles. The van der Waals surface area contributed by atoms with E-state index in [1.165, 1.54) is 6.07 Å². The van der Waals surface area contributed by atoms with Gasteiger partial charge >= 0.3 is 11.9 Å². The third-order valence-corrected chi connectivity index (χ3v) is 23.7. The van der Waals surface area contributed by atoms with Crippen LogP contribution in [0.3, 0.4) is 0 Å². The number of carboxylic acid groups (broad SMARTS) is 2. The van der Waals surface area contributed by atoms with Crippen LogP contribution in [0.25, 0.3) is 5.57 Å². The molecule has 8 rings (SSSR count). The molecule has 0 amide bonds. The zero-order valence-electron chi connectivity index (χ0n) is 43.1. The van der Waals surface area contributed by atoms with Crippen LogP contribution >= 0.6 is 0 Å². The third-order valence-electron chi connectivity index (χ3n) is 15.2. The summed E-state index contributed by atoms with van der Waals surface area (Å²) in [6, 6.07) is 12.8. The van der Waals surface area contributed by atoms with Crippen LogP contribution in [0.1, 0.15) is 106 Å². The van der Waals surface area contributed by atoms with E-state index < -0.39 is 153 Å². The molecule has 1 atom stereocenters.